The molecule has 1 aromatic heterocycles. The Hall–Kier alpha value is -1.25. The first-order valence-electron chi connectivity index (χ1n) is 8.42. The van der Waals surface area contributed by atoms with Crippen LogP contribution in [-0.4, -0.2) is 54.7 Å². The minimum absolute atomic E-state index is 0.0912. The summed E-state index contributed by atoms with van der Waals surface area (Å²) >= 11 is 9.22. The number of nitrogens with zero attached hydrogens (tertiary/aromatic N) is 5. The molecule has 1 unspecified atom stereocenters. The second-order valence-electron chi connectivity index (χ2n) is 7.26. The zero-order valence-electron chi connectivity index (χ0n) is 14.0. The van der Waals surface area contributed by atoms with E-state index in [0.717, 1.165) is 22.7 Å². The van der Waals surface area contributed by atoms with Gasteiger partial charge >= 0.3 is 6.03 Å². The first-order valence-corrected chi connectivity index (χ1v) is 13.2. The number of aliphatic imine (C=N–C) groups is 1. The lowest BCUT2D eigenvalue weighted by Crippen LogP contribution is -2.43. The van der Waals surface area contributed by atoms with Gasteiger partial charge < -0.3 is 20.4 Å². The Morgan fingerprint density at radius 2 is 2.15 bits per heavy atom. The number of piperidine rings is 1. The lowest BCUT2D eigenvalue weighted by Gasteiger charge is -2.35. The fourth-order valence-corrected chi connectivity index (χ4v) is 7.10. The van der Waals surface area contributed by atoms with Crippen LogP contribution in [0.5, 0.6) is 0 Å². The minimum atomic E-state index is -3.00. The number of aromatic nitrogens is 2. The average Bonchev–Trinajstić information content (AvgIpc) is 3.02. The molecule has 0 radical (unpaired) electrons. The molecule has 10 nitrogen and oxygen atoms in total. The summed E-state index contributed by atoms with van der Waals surface area (Å²) in [6.07, 6.45) is 2.62. The lowest BCUT2D eigenvalue weighted by atomic mass is 9.85. The van der Waals surface area contributed by atoms with Crippen LogP contribution in [0, 0.1) is 5.41 Å². The van der Waals surface area contributed by atoms with E-state index in [1.165, 1.54) is 4.31 Å². The molecule has 14 heteroatoms. The third-order valence-electron chi connectivity index (χ3n) is 5.80. The number of rotatable bonds is 4. The van der Waals surface area contributed by atoms with Gasteiger partial charge in [0.1, 0.15) is 12.1 Å². The van der Waals surface area contributed by atoms with E-state index in [1.807, 2.05) is 0 Å². The van der Waals surface area contributed by atoms with Crippen LogP contribution in [0.2, 0.25) is 0 Å². The average molecular weight is 448 g/mol. The van der Waals surface area contributed by atoms with Crippen LogP contribution < -0.4 is 11.1 Å². The molecule has 4 atom stereocenters. The molecule has 5 rings (SSSR count). The summed E-state index contributed by atoms with van der Waals surface area (Å²) in [5, 5.41) is 11.3. The predicted octanol–water partition coefficient (Wildman–Crippen LogP) is 0.514. The molecule has 4 aliphatic rings. The highest BCUT2D eigenvalue weighted by molar-refractivity contribution is 9.08. The van der Waals surface area contributed by atoms with Gasteiger partial charge in [0.2, 0.25) is 11.8 Å². The normalized spacial score (nSPS) is 33.1. The molecule has 3 fully saturated rings. The summed E-state index contributed by atoms with van der Waals surface area (Å²) in [7, 11) is -2.25. The largest absolute Gasteiger partial charge is 0.421 e. The summed E-state index contributed by atoms with van der Waals surface area (Å²) in [5.41, 5.74) is 5.55. The molecule has 27 heavy (non-hydrogen) atoms. The Balaban J connectivity index is 1.46. The van der Waals surface area contributed by atoms with Gasteiger partial charge in [-0.05, 0) is 24.7 Å². The maximum absolute atomic E-state index is 13.0. The number of thiol groups is 1. The smallest absolute Gasteiger partial charge is 0.333 e. The van der Waals surface area contributed by atoms with Crippen molar-refractivity contribution >= 4 is 52.4 Å². The van der Waals surface area contributed by atoms with Crippen LogP contribution in [0.3, 0.4) is 0 Å². The number of fused-ring (bicyclic) bond motifs is 3. The summed E-state index contributed by atoms with van der Waals surface area (Å²) < 4.78 is 20.0. The maximum atomic E-state index is 13.0. The SMILES string of the molecule is NC1=NC[C@@H](c2nnc([C@@H]3CC4(CC4)[C@@H]4CN3C(=O)N4S(=O)(=S)SS)o2)N1. The monoisotopic (exact) mass is 447 g/mol. The van der Waals surface area contributed by atoms with Crippen molar-refractivity contribution in [3.05, 3.63) is 11.8 Å². The van der Waals surface area contributed by atoms with Crippen LogP contribution in [0.25, 0.3) is 0 Å². The van der Waals surface area contributed by atoms with E-state index >= 15 is 0 Å². The minimum Gasteiger partial charge on any atom is -0.421 e. The zero-order valence-corrected chi connectivity index (χ0v) is 17.3. The molecule has 0 aromatic carbocycles. The van der Waals surface area contributed by atoms with Crippen molar-refractivity contribution in [3.63, 3.8) is 0 Å². The fourth-order valence-electron chi connectivity index (χ4n) is 4.26. The number of carbonyl (C=O) groups excluding carboxylic acids is 1. The molecule has 2 saturated heterocycles. The van der Waals surface area contributed by atoms with Crippen LogP contribution in [-0.2, 0) is 18.9 Å². The molecular weight excluding hydrogens is 430 g/mol. The van der Waals surface area contributed by atoms with Crippen molar-refractivity contribution in [3.8, 4) is 0 Å². The number of hydrogen-bond donors (Lipinski definition) is 3. The molecule has 4 heterocycles. The summed E-state index contributed by atoms with van der Waals surface area (Å²) in [5.74, 6) is 1.11. The Morgan fingerprint density at radius 1 is 1.41 bits per heavy atom. The van der Waals surface area contributed by atoms with Crippen molar-refractivity contribution in [2.75, 3.05) is 13.1 Å². The number of urea groups is 1. The second-order valence-corrected chi connectivity index (χ2v) is 13.8. The van der Waals surface area contributed by atoms with Gasteiger partial charge in [0.25, 0.3) is 0 Å². The van der Waals surface area contributed by atoms with Crippen molar-refractivity contribution in [1.29, 1.82) is 0 Å². The summed E-state index contributed by atoms with van der Waals surface area (Å²) in [6.45, 7) is 0.888. The maximum Gasteiger partial charge on any atom is 0.333 e. The number of nitrogens with two attached hydrogens (primary N) is 1. The summed E-state index contributed by atoms with van der Waals surface area (Å²) in [6, 6.07) is -1.10. The number of nitrogens with one attached hydrogen (secondary N) is 1. The van der Waals surface area contributed by atoms with Gasteiger partial charge in [0.15, 0.2) is 13.7 Å². The van der Waals surface area contributed by atoms with Crippen LogP contribution in [0.1, 0.15) is 43.1 Å². The van der Waals surface area contributed by atoms with Crippen molar-refractivity contribution in [2.24, 2.45) is 16.1 Å². The standard InChI is InChI=1S/C13H17N7O3S4/c14-11-15-4-6(16-11)9-17-18-10(23-9)7-3-13(1-2-13)8-5-19(7)12(21)20(8)27(22,25)26-24/h6-8,24H,1-5H2,(H3,14,15,16)/t6-,7-,8-,27?/m0/s1. The number of hydrogen-bond acceptors (Lipinski definition) is 11. The van der Waals surface area contributed by atoms with Crippen molar-refractivity contribution < 1.29 is 13.4 Å². The number of carbonyl (C=O) groups is 1. The lowest BCUT2D eigenvalue weighted by molar-refractivity contribution is 0.128. The number of amides is 2. The highest BCUT2D eigenvalue weighted by atomic mass is 33.6. The fraction of sp³-hybridized carbons (Fsp3) is 0.692. The van der Waals surface area contributed by atoms with Gasteiger partial charge in [-0.15, -0.1) is 10.2 Å². The Labute approximate surface area is 168 Å². The highest BCUT2D eigenvalue weighted by Crippen LogP contribution is 2.62. The molecule has 2 bridgehead atoms. The molecule has 1 aromatic rings. The molecule has 3 aliphatic heterocycles. The van der Waals surface area contributed by atoms with E-state index < -0.39 is 7.71 Å². The van der Waals surface area contributed by atoms with Crippen molar-refractivity contribution in [1.82, 2.24) is 24.7 Å². The molecule has 1 saturated carbocycles. The highest BCUT2D eigenvalue weighted by Gasteiger charge is 2.65. The first kappa shape index (κ1) is 17.8. The molecule has 3 N–H and O–H groups in total. The molecule has 146 valence electrons. The zero-order chi connectivity index (χ0) is 19.0. The van der Waals surface area contributed by atoms with Crippen molar-refractivity contribution in [2.45, 2.75) is 37.4 Å². The summed E-state index contributed by atoms with van der Waals surface area (Å²) in [4.78, 5) is 18.7. The quantitative estimate of drug-likeness (QED) is 0.446. The van der Waals surface area contributed by atoms with Gasteiger partial charge in [0, 0.05) is 27.6 Å². The van der Waals surface area contributed by atoms with Crippen LogP contribution in [0.15, 0.2) is 9.41 Å². The van der Waals surface area contributed by atoms with Gasteiger partial charge in [-0.25, -0.2) is 13.3 Å². The number of guanidine groups is 1. The Kier molecular flexibility index (Phi) is 3.88. The van der Waals surface area contributed by atoms with E-state index in [4.69, 9.17) is 21.3 Å². The molecular formula is C13H17N7O3S4. The van der Waals surface area contributed by atoms with Crippen LogP contribution >= 0.6 is 21.5 Å². The molecule has 1 spiro atoms. The van der Waals surface area contributed by atoms with Gasteiger partial charge in [-0.2, -0.15) is 0 Å². The third-order valence-corrected chi connectivity index (χ3v) is 11.8. The third kappa shape index (κ3) is 2.63. The Morgan fingerprint density at radius 3 is 2.78 bits per heavy atom. The van der Waals surface area contributed by atoms with Gasteiger partial charge in [0.05, 0.1) is 12.6 Å². The first-order chi connectivity index (χ1) is 12.8. The predicted molar refractivity (Wildman–Crippen MR) is 106 cm³/mol. The van der Waals surface area contributed by atoms with E-state index in [1.54, 1.807) is 4.90 Å². The van der Waals surface area contributed by atoms with Gasteiger partial charge in [-0.1, -0.05) is 11.7 Å². The van der Waals surface area contributed by atoms with Gasteiger partial charge in [-0.3, -0.25) is 4.99 Å². The van der Waals surface area contributed by atoms with E-state index in [2.05, 4.69) is 32.2 Å². The molecule has 1 aliphatic carbocycles. The second kappa shape index (κ2) is 5.87. The van der Waals surface area contributed by atoms with E-state index in [9.17, 15) is 9.00 Å². The van der Waals surface area contributed by atoms with Crippen LogP contribution in [0.4, 0.5) is 4.79 Å². The Bertz CT molecular complexity index is 943. The topological polar surface area (TPSA) is 130 Å². The molecule has 2 amide bonds. The van der Waals surface area contributed by atoms with E-state index in [-0.39, 0.29) is 29.6 Å². The van der Waals surface area contributed by atoms with E-state index in [0.29, 0.717) is 37.3 Å².